The van der Waals surface area contributed by atoms with Crippen molar-refractivity contribution in [3.63, 3.8) is 0 Å². The van der Waals surface area contributed by atoms with Crippen molar-refractivity contribution in [1.29, 1.82) is 0 Å². The predicted molar refractivity (Wildman–Crippen MR) is 140 cm³/mol. The Bertz CT molecular complexity index is 1310. The van der Waals surface area contributed by atoms with Gasteiger partial charge in [-0.25, -0.2) is 4.39 Å². The number of rotatable bonds is 11. The number of methoxy groups -OCH3 is 5. The molecule has 0 bridgehead atoms. The smallest absolute Gasteiger partial charge is 0.203 e. The van der Waals surface area contributed by atoms with Gasteiger partial charge in [-0.1, -0.05) is 12.2 Å². The van der Waals surface area contributed by atoms with Gasteiger partial charge in [-0.3, -0.25) is 9.79 Å². The number of halogens is 1. The van der Waals surface area contributed by atoms with Crippen LogP contribution in [0.2, 0.25) is 0 Å². The van der Waals surface area contributed by atoms with E-state index in [9.17, 15) is 14.3 Å². The van der Waals surface area contributed by atoms with Crippen molar-refractivity contribution in [3.8, 4) is 34.5 Å². The number of hydrogen-bond donors (Lipinski definition) is 1. The molecule has 0 fully saturated rings. The highest BCUT2D eigenvalue weighted by molar-refractivity contribution is 6.04. The second kappa shape index (κ2) is 12.4. The number of ketones is 1. The number of Topliss-reactive ketones (excluding diaryl/α,β-unsaturated/α-hetero) is 1. The molecule has 37 heavy (non-hydrogen) atoms. The van der Waals surface area contributed by atoms with Gasteiger partial charge in [0.2, 0.25) is 5.75 Å². The van der Waals surface area contributed by atoms with Crippen LogP contribution in [0.15, 0.2) is 47.5 Å². The normalized spacial score (nSPS) is 11.1. The Morgan fingerprint density at radius 2 is 1.41 bits per heavy atom. The minimum Gasteiger partial charge on any atom is -0.504 e. The molecular weight excluding hydrogens is 481 g/mol. The SMILES string of the molecule is COc1ccc(C(=O)CC=Nc2cc(/C=C\c3cc(OC)c(OC)c(OC)c3)cc(F)c2OC)cc1O. The highest BCUT2D eigenvalue weighted by atomic mass is 19.1. The number of hydrogen-bond acceptors (Lipinski definition) is 8. The van der Waals surface area contributed by atoms with Gasteiger partial charge in [0.1, 0.15) is 5.69 Å². The van der Waals surface area contributed by atoms with Crippen LogP contribution in [0, 0.1) is 5.82 Å². The van der Waals surface area contributed by atoms with Crippen LogP contribution in [0.25, 0.3) is 12.2 Å². The fourth-order valence-corrected chi connectivity index (χ4v) is 3.59. The molecule has 0 spiro atoms. The zero-order valence-electron chi connectivity index (χ0n) is 21.2. The van der Waals surface area contributed by atoms with Gasteiger partial charge in [0.05, 0.1) is 35.5 Å². The second-order valence-corrected chi connectivity index (χ2v) is 7.67. The monoisotopic (exact) mass is 509 g/mol. The van der Waals surface area contributed by atoms with Crippen molar-refractivity contribution in [3.05, 3.63) is 65.0 Å². The summed E-state index contributed by atoms with van der Waals surface area (Å²) in [5.74, 6) is 0.643. The summed E-state index contributed by atoms with van der Waals surface area (Å²) in [6.45, 7) is 0. The third-order valence-corrected chi connectivity index (χ3v) is 5.41. The number of phenols is 1. The van der Waals surface area contributed by atoms with E-state index < -0.39 is 5.82 Å². The zero-order chi connectivity index (χ0) is 26.9. The van der Waals surface area contributed by atoms with Crippen molar-refractivity contribution < 1.29 is 38.0 Å². The van der Waals surface area contributed by atoms with Crippen molar-refractivity contribution in [2.75, 3.05) is 35.5 Å². The third kappa shape index (κ3) is 6.38. The topological polar surface area (TPSA) is 95.8 Å². The third-order valence-electron chi connectivity index (χ3n) is 5.41. The van der Waals surface area contributed by atoms with Crippen LogP contribution < -0.4 is 23.7 Å². The maximum Gasteiger partial charge on any atom is 0.203 e. The van der Waals surface area contributed by atoms with E-state index in [1.807, 2.05) is 0 Å². The van der Waals surface area contributed by atoms with Crippen LogP contribution in [-0.4, -0.2) is 52.7 Å². The lowest BCUT2D eigenvalue weighted by Crippen LogP contribution is -2.00. The molecule has 0 aromatic heterocycles. The summed E-state index contributed by atoms with van der Waals surface area (Å²) in [5, 5.41) is 9.89. The van der Waals surface area contributed by atoms with Crippen LogP contribution in [0.4, 0.5) is 10.1 Å². The summed E-state index contributed by atoms with van der Waals surface area (Å²) in [6, 6.07) is 10.8. The Morgan fingerprint density at radius 3 is 1.95 bits per heavy atom. The standard InChI is InChI=1S/C28H28FNO7/c1-33-24-9-8-19(16-23(24)32)22(31)10-11-30-21-13-17(12-20(29)27(21)36-4)6-7-18-14-25(34-2)28(37-5)26(15-18)35-3/h6-9,11-16,32H,10H2,1-5H3/b7-6-,30-11?. The summed E-state index contributed by atoms with van der Waals surface area (Å²) < 4.78 is 41.0. The van der Waals surface area contributed by atoms with E-state index in [-0.39, 0.29) is 35.1 Å². The Balaban J connectivity index is 1.84. The number of ether oxygens (including phenoxy) is 5. The highest BCUT2D eigenvalue weighted by Crippen LogP contribution is 2.39. The molecule has 3 rings (SSSR count). The number of benzene rings is 3. The molecule has 0 unspecified atom stereocenters. The molecule has 0 amide bonds. The largest absolute Gasteiger partial charge is 0.504 e. The molecular formula is C28H28FNO7. The summed E-state index contributed by atoms with van der Waals surface area (Å²) in [6.07, 6.45) is 4.77. The van der Waals surface area contributed by atoms with E-state index in [0.29, 0.717) is 28.4 Å². The van der Waals surface area contributed by atoms with Gasteiger partial charge in [0, 0.05) is 18.2 Å². The minimum atomic E-state index is -0.604. The molecule has 1 N–H and O–H groups in total. The maximum atomic E-state index is 14.7. The van der Waals surface area contributed by atoms with Gasteiger partial charge in [0.25, 0.3) is 0 Å². The van der Waals surface area contributed by atoms with E-state index in [0.717, 1.165) is 5.56 Å². The number of carbonyl (C=O) groups is 1. The number of carbonyl (C=O) groups excluding carboxylic acids is 1. The molecule has 3 aromatic carbocycles. The molecule has 0 heterocycles. The van der Waals surface area contributed by atoms with Crippen LogP contribution in [0.1, 0.15) is 27.9 Å². The van der Waals surface area contributed by atoms with Gasteiger partial charge in [-0.2, -0.15) is 0 Å². The average Bonchev–Trinajstić information content (AvgIpc) is 2.90. The Labute approximate surface area is 214 Å². The van der Waals surface area contributed by atoms with Crippen LogP contribution in [-0.2, 0) is 0 Å². The molecule has 0 radical (unpaired) electrons. The number of nitrogens with zero attached hydrogens (tertiary/aromatic N) is 1. The molecule has 0 aliphatic rings. The lowest BCUT2D eigenvalue weighted by Gasteiger charge is -2.13. The van der Waals surface area contributed by atoms with Gasteiger partial charge in [-0.05, 0) is 53.6 Å². The van der Waals surface area contributed by atoms with Crippen molar-refractivity contribution in [2.24, 2.45) is 4.99 Å². The lowest BCUT2D eigenvalue weighted by molar-refractivity contribution is 0.100. The van der Waals surface area contributed by atoms with E-state index in [4.69, 9.17) is 23.7 Å². The quantitative estimate of drug-likeness (QED) is 0.201. The Morgan fingerprint density at radius 1 is 0.811 bits per heavy atom. The highest BCUT2D eigenvalue weighted by Gasteiger charge is 2.14. The first-order valence-electron chi connectivity index (χ1n) is 11.1. The van der Waals surface area contributed by atoms with Crippen LogP contribution in [0.3, 0.4) is 0 Å². The van der Waals surface area contributed by atoms with E-state index in [1.54, 1.807) is 36.4 Å². The average molecular weight is 510 g/mol. The number of aromatic hydroxyl groups is 1. The molecule has 3 aromatic rings. The Kier molecular flexibility index (Phi) is 9.10. The van der Waals surface area contributed by atoms with Gasteiger partial charge in [-0.15, -0.1) is 0 Å². The first-order valence-corrected chi connectivity index (χ1v) is 11.1. The van der Waals surface area contributed by atoms with Crippen LogP contribution >= 0.6 is 0 Å². The van der Waals surface area contributed by atoms with E-state index in [2.05, 4.69) is 4.99 Å². The molecule has 9 heteroatoms. The van der Waals surface area contributed by atoms with Gasteiger partial charge < -0.3 is 28.8 Å². The number of phenolic OH excluding ortho intramolecular Hbond substituents is 1. The molecule has 0 aliphatic carbocycles. The fraction of sp³-hybridized carbons (Fsp3) is 0.214. The van der Waals surface area contributed by atoms with Crippen LogP contribution in [0.5, 0.6) is 34.5 Å². The van der Waals surface area contributed by atoms with E-state index in [1.165, 1.54) is 60.0 Å². The fourth-order valence-electron chi connectivity index (χ4n) is 3.59. The predicted octanol–water partition coefficient (Wildman–Crippen LogP) is 5.72. The first kappa shape index (κ1) is 27.1. The summed E-state index contributed by atoms with van der Waals surface area (Å²) in [7, 11) is 7.33. The van der Waals surface area contributed by atoms with Gasteiger partial charge >= 0.3 is 0 Å². The summed E-state index contributed by atoms with van der Waals surface area (Å²) >= 11 is 0. The molecule has 0 atom stereocenters. The molecule has 0 saturated heterocycles. The summed E-state index contributed by atoms with van der Waals surface area (Å²) in [5.41, 5.74) is 1.78. The molecule has 0 aliphatic heterocycles. The van der Waals surface area contributed by atoms with Gasteiger partial charge in [0.15, 0.2) is 40.3 Å². The minimum absolute atomic E-state index is 0.0456. The van der Waals surface area contributed by atoms with Crippen molar-refractivity contribution in [2.45, 2.75) is 6.42 Å². The van der Waals surface area contributed by atoms with Crippen molar-refractivity contribution in [1.82, 2.24) is 0 Å². The molecule has 194 valence electrons. The Hall–Kier alpha value is -4.53. The maximum absolute atomic E-state index is 14.7. The molecule has 0 saturated carbocycles. The number of aliphatic imine (C=N–C) groups is 1. The lowest BCUT2D eigenvalue weighted by atomic mass is 10.1. The molecule has 8 nitrogen and oxygen atoms in total. The van der Waals surface area contributed by atoms with Crippen molar-refractivity contribution >= 4 is 29.8 Å². The zero-order valence-corrected chi connectivity index (χ0v) is 21.2. The first-order chi connectivity index (χ1) is 17.8. The summed E-state index contributed by atoms with van der Waals surface area (Å²) in [4.78, 5) is 16.8. The van der Waals surface area contributed by atoms with E-state index >= 15 is 0 Å². The second-order valence-electron chi connectivity index (χ2n) is 7.67.